The Labute approximate surface area is 98.8 Å². The Balaban J connectivity index is 4.13. The van der Waals surface area contributed by atoms with E-state index in [4.69, 9.17) is 5.11 Å². The average molecular weight is 256 g/mol. The van der Waals surface area contributed by atoms with Crippen LogP contribution < -0.4 is 5.32 Å². The number of carboxylic acid groups (broad SMARTS) is 1. The van der Waals surface area contributed by atoms with Crippen molar-refractivity contribution < 1.29 is 23.1 Å². The molecule has 0 aliphatic heterocycles. The molecule has 0 aliphatic rings. The highest BCUT2D eigenvalue weighted by molar-refractivity contribution is 5.73. The smallest absolute Gasteiger partial charge is 0.390 e. The fraction of sp³-hybridized carbons (Fsp3) is 0.900. The second-order valence-corrected chi connectivity index (χ2v) is 4.34. The van der Waals surface area contributed by atoms with E-state index in [-0.39, 0.29) is 19.1 Å². The Morgan fingerprint density at radius 1 is 1.41 bits per heavy atom. The van der Waals surface area contributed by atoms with Crippen molar-refractivity contribution in [2.75, 3.05) is 20.1 Å². The molecule has 0 saturated heterocycles. The maximum absolute atomic E-state index is 12.0. The Hall–Kier alpha value is -0.820. The fourth-order valence-electron chi connectivity index (χ4n) is 1.33. The molecule has 0 bridgehead atoms. The van der Waals surface area contributed by atoms with E-state index in [1.165, 1.54) is 11.9 Å². The second-order valence-electron chi connectivity index (χ2n) is 4.34. The van der Waals surface area contributed by atoms with Crippen molar-refractivity contribution in [3.63, 3.8) is 0 Å². The standard InChI is InChI=1S/C10H19F3N2O2/c1-7(2)14-8(9(16)17)6-15(3)5-4-10(11,12)13/h7-8,14H,4-6H2,1-3H3,(H,16,17). The first-order valence-electron chi connectivity index (χ1n) is 5.36. The Bertz CT molecular complexity index is 244. The van der Waals surface area contributed by atoms with Crippen LogP contribution in [0.5, 0.6) is 0 Å². The van der Waals surface area contributed by atoms with E-state index in [2.05, 4.69) is 5.32 Å². The summed E-state index contributed by atoms with van der Waals surface area (Å²) in [5.41, 5.74) is 0. The van der Waals surface area contributed by atoms with Gasteiger partial charge in [0, 0.05) is 19.1 Å². The Kier molecular flexibility index (Phi) is 6.48. The second kappa shape index (κ2) is 6.80. The van der Waals surface area contributed by atoms with Crippen molar-refractivity contribution in [2.45, 2.75) is 38.5 Å². The molecule has 0 aromatic carbocycles. The fourth-order valence-corrected chi connectivity index (χ4v) is 1.33. The summed E-state index contributed by atoms with van der Waals surface area (Å²) in [6.45, 7) is 3.41. The van der Waals surface area contributed by atoms with E-state index in [0.29, 0.717) is 0 Å². The van der Waals surface area contributed by atoms with Crippen molar-refractivity contribution >= 4 is 5.97 Å². The van der Waals surface area contributed by atoms with E-state index < -0.39 is 24.6 Å². The van der Waals surface area contributed by atoms with E-state index >= 15 is 0 Å². The minimum atomic E-state index is -4.21. The monoisotopic (exact) mass is 256 g/mol. The van der Waals surface area contributed by atoms with Crippen LogP contribution in [0.25, 0.3) is 0 Å². The lowest BCUT2D eigenvalue weighted by molar-refractivity contribution is -0.141. The molecule has 0 aliphatic carbocycles. The lowest BCUT2D eigenvalue weighted by Gasteiger charge is -2.24. The van der Waals surface area contributed by atoms with Crippen LogP contribution in [0.1, 0.15) is 20.3 Å². The maximum Gasteiger partial charge on any atom is 0.390 e. The zero-order chi connectivity index (χ0) is 13.6. The van der Waals surface area contributed by atoms with Crippen molar-refractivity contribution in [3.8, 4) is 0 Å². The van der Waals surface area contributed by atoms with Gasteiger partial charge in [-0.1, -0.05) is 13.8 Å². The van der Waals surface area contributed by atoms with Crippen LogP contribution in [0.4, 0.5) is 13.2 Å². The van der Waals surface area contributed by atoms with Gasteiger partial charge < -0.3 is 15.3 Å². The average Bonchev–Trinajstić information content (AvgIpc) is 2.11. The normalized spacial score (nSPS) is 14.4. The first-order chi connectivity index (χ1) is 7.61. The topological polar surface area (TPSA) is 52.6 Å². The SMILES string of the molecule is CC(C)NC(CN(C)CCC(F)(F)F)C(=O)O. The van der Waals surface area contributed by atoms with Gasteiger partial charge in [0.2, 0.25) is 0 Å². The molecule has 17 heavy (non-hydrogen) atoms. The number of nitrogens with zero attached hydrogens (tertiary/aromatic N) is 1. The van der Waals surface area contributed by atoms with Gasteiger partial charge in [-0.2, -0.15) is 13.2 Å². The highest BCUT2D eigenvalue weighted by Crippen LogP contribution is 2.19. The van der Waals surface area contributed by atoms with Gasteiger partial charge in [-0.05, 0) is 7.05 Å². The molecule has 0 radical (unpaired) electrons. The highest BCUT2D eigenvalue weighted by atomic mass is 19.4. The lowest BCUT2D eigenvalue weighted by Crippen LogP contribution is -2.48. The molecule has 0 saturated carbocycles. The van der Waals surface area contributed by atoms with Gasteiger partial charge in [0.15, 0.2) is 0 Å². The zero-order valence-corrected chi connectivity index (χ0v) is 10.2. The molecule has 2 N–H and O–H groups in total. The molecule has 4 nitrogen and oxygen atoms in total. The third-order valence-corrected chi connectivity index (χ3v) is 2.10. The molecule has 1 atom stereocenters. The van der Waals surface area contributed by atoms with Crippen molar-refractivity contribution in [1.82, 2.24) is 10.2 Å². The molecular formula is C10H19F3N2O2. The van der Waals surface area contributed by atoms with Crippen molar-refractivity contribution in [3.05, 3.63) is 0 Å². The van der Waals surface area contributed by atoms with Gasteiger partial charge in [0.25, 0.3) is 0 Å². The number of hydrogen-bond acceptors (Lipinski definition) is 3. The molecule has 0 amide bonds. The Morgan fingerprint density at radius 2 is 1.94 bits per heavy atom. The first kappa shape index (κ1) is 16.2. The largest absolute Gasteiger partial charge is 0.480 e. The summed E-state index contributed by atoms with van der Waals surface area (Å²) in [5.74, 6) is -1.06. The number of aliphatic carboxylic acids is 1. The van der Waals surface area contributed by atoms with Gasteiger partial charge >= 0.3 is 12.1 Å². The predicted octanol–water partition coefficient (Wildman–Crippen LogP) is 1.32. The highest BCUT2D eigenvalue weighted by Gasteiger charge is 2.28. The molecule has 0 aromatic heterocycles. The molecule has 0 spiro atoms. The van der Waals surface area contributed by atoms with Crippen LogP contribution in [-0.2, 0) is 4.79 Å². The number of halogens is 3. The summed E-state index contributed by atoms with van der Waals surface area (Å²) in [4.78, 5) is 12.2. The molecule has 0 rings (SSSR count). The van der Waals surface area contributed by atoms with Crippen molar-refractivity contribution in [1.29, 1.82) is 0 Å². The van der Waals surface area contributed by atoms with E-state index in [0.717, 1.165) is 0 Å². The van der Waals surface area contributed by atoms with Gasteiger partial charge in [-0.15, -0.1) is 0 Å². The number of likely N-dealkylation sites (N-methyl/N-ethyl adjacent to an activating group) is 1. The van der Waals surface area contributed by atoms with E-state index in [1.807, 2.05) is 0 Å². The molecule has 0 heterocycles. The minimum Gasteiger partial charge on any atom is -0.480 e. The number of rotatable bonds is 7. The third kappa shape index (κ3) is 8.93. The van der Waals surface area contributed by atoms with Gasteiger partial charge in [-0.25, -0.2) is 0 Å². The number of nitrogens with one attached hydrogen (secondary N) is 1. The van der Waals surface area contributed by atoms with Crippen LogP contribution in [-0.4, -0.2) is 54.4 Å². The lowest BCUT2D eigenvalue weighted by atomic mass is 10.2. The summed E-state index contributed by atoms with van der Waals surface area (Å²) >= 11 is 0. The maximum atomic E-state index is 12.0. The Morgan fingerprint density at radius 3 is 2.29 bits per heavy atom. The summed E-state index contributed by atoms with van der Waals surface area (Å²) in [7, 11) is 1.48. The number of hydrogen-bond donors (Lipinski definition) is 2. The first-order valence-corrected chi connectivity index (χ1v) is 5.36. The minimum absolute atomic E-state index is 0.0351. The van der Waals surface area contributed by atoms with E-state index in [1.54, 1.807) is 13.8 Å². The molecular weight excluding hydrogens is 237 g/mol. The molecule has 102 valence electrons. The zero-order valence-electron chi connectivity index (χ0n) is 10.2. The van der Waals surface area contributed by atoms with Crippen LogP contribution in [0.3, 0.4) is 0 Å². The van der Waals surface area contributed by atoms with Gasteiger partial charge in [0.05, 0.1) is 6.42 Å². The molecule has 7 heteroatoms. The van der Waals surface area contributed by atoms with Gasteiger partial charge in [0.1, 0.15) is 6.04 Å². The summed E-state index contributed by atoms with van der Waals surface area (Å²) < 4.78 is 35.9. The van der Waals surface area contributed by atoms with Crippen LogP contribution in [0, 0.1) is 0 Å². The van der Waals surface area contributed by atoms with Crippen LogP contribution in [0.15, 0.2) is 0 Å². The quantitative estimate of drug-likeness (QED) is 0.721. The van der Waals surface area contributed by atoms with Gasteiger partial charge in [-0.3, -0.25) is 4.79 Å². The summed E-state index contributed by atoms with van der Waals surface area (Å²) in [6, 6.07) is -0.889. The molecule has 0 fully saturated rings. The number of alkyl halides is 3. The third-order valence-electron chi connectivity index (χ3n) is 2.10. The van der Waals surface area contributed by atoms with E-state index in [9.17, 15) is 18.0 Å². The summed E-state index contributed by atoms with van der Waals surface area (Å²) in [5, 5.41) is 11.7. The predicted molar refractivity (Wildman–Crippen MR) is 57.9 cm³/mol. The molecule has 1 unspecified atom stereocenters. The summed E-state index contributed by atoms with van der Waals surface area (Å²) in [6.07, 6.45) is -5.14. The molecule has 0 aromatic rings. The van der Waals surface area contributed by atoms with Crippen LogP contribution >= 0.6 is 0 Å². The number of carbonyl (C=O) groups is 1. The number of carboxylic acids is 1. The van der Waals surface area contributed by atoms with Crippen molar-refractivity contribution in [2.24, 2.45) is 0 Å². The van der Waals surface area contributed by atoms with Crippen LogP contribution in [0.2, 0.25) is 0 Å².